The molecule has 0 saturated heterocycles. The number of fused-ring (bicyclic) bond motifs is 10. The molecule has 10 aromatic carbocycles. The third-order valence-electron chi connectivity index (χ3n) is 11.0. The lowest BCUT2D eigenvalue weighted by Gasteiger charge is -2.18. The quantitative estimate of drug-likeness (QED) is 0.134. The number of benzene rings is 10. The Labute approximate surface area is 307 Å². The zero-order chi connectivity index (χ0) is 34.9. The van der Waals surface area contributed by atoms with Gasteiger partial charge in [0.15, 0.2) is 0 Å². The molecule has 1 heteroatoms. The maximum Gasteiger partial charge on any atom is 0.143 e. The molecule has 0 N–H and O–H groups in total. The SMILES string of the molecule is c1ccc(-c2ccc(-c3c4ccccc4c(-c4cccc(-c5ccc6c(c5)oc5c7ccccc7c7ccccc7c65)c4)c4ccccc34)cc2)cc1. The van der Waals surface area contributed by atoms with Crippen LogP contribution in [0.25, 0.3) is 110 Å². The average Bonchev–Trinajstić information content (AvgIpc) is 3.63. The monoisotopic (exact) mass is 672 g/mol. The summed E-state index contributed by atoms with van der Waals surface area (Å²) in [6.07, 6.45) is 0. The van der Waals surface area contributed by atoms with E-state index in [9.17, 15) is 0 Å². The van der Waals surface area contributed by atoms with Gasteiger partial charge in [0.2, 0.25) is 0 Å². The summed E-state index contributed by atoms with van der Waals surface area (Å²) in [5.41, 5.74) is 11.5. The van der Waals surface area contributed by atoms with E-state index in [4.69, 9.17) is 4.42 Å². The van der Waals surface area contributed by atoms with E-state index in [0.717, 1.165) is 33.1 Å². The maximum absolute atomic E-state index is 6.75. The smallest absolute Gasteiger partial charge is 0.143 e. The summed E-state index contributed by atoms with van der Waals surface area (Å²) < 4.78 is 6.75. The Morgan fingerprint density at radius 3 is 1.34 bits per heavy atom. The highest BCUT2D eigenvalue weighted by Crippen LogP contribution is 2.45. The highest BCUT2D eigenvalue weighted by atomic mass is 16.3. The fourth-order valence-electron chi connectivity index (χ4n) is 8.65. The highest BCUT2D eigenvalue weighted by Gasteiger charge is 2.19. The van der Waals surface area contributed by atoms with Crippen molar-refractivity contribution < 1.29 is 4.42 Å². The van der Waals surface area contributed by atoms with Crippen LogP contribution in [0.5, 0.6) is 0 Å². The standard InChI is InChI=1S/C52H32O/c1-2-13-33(14-3-1)34-25-27-35(28-26-34)49-42-20-7-9-22-44(42)50(45-23-10-8-21-43(45)49)38-16-12-15-36(31-38)37-29-30-47-48(32-37)53-52-46-24-11-5-18-40(46)39-17-4-6-19-41(39)51(47)52/h1-32H. The molecule has 1 nitrogen and oxygen atoms in total. The molecule has 0 aliphatic heterocycles. The molecule has 53 heavy (non-hydrogen) atoms. The van der Waals surface area contributed by atoms with Crippen LogP contribution in [-0.4, -0.2) is 0 Å². The van der Waals surface area contributed by atoms with Crippen molar-refractivity contribution in [3.05, 3.63) is 194 Å². The molecule has 1 heterocycles. The molecule has 0 aliphatic rings. The normalized spacial score (nSPS) is 11.8. The van der Waals surface area contributed by atoms with Gasteiger partial charge in [-0.25, -0.2) is 0 Å². The van der Waals surface area contributed by atoms with Gasteiger partial charge in [0.1, 0.15) is 11.2 Å². The number of rotatable bonds is 4. The van der Waals surface area contributed by atoms with Crippen LogP contribution < -0.4 is 0 Å². The third-order valence-corrected chi connectivity index (χ3v) is 11.0. The molecule has 0 bridgehead atoms. The van der Waals surface area contributed by atoms with Gasteiger partial charge in [-0.3, -0.25) is 0 Å². The third kappa shape index (κ3) is 4.64. The van der Waals surface area contributed by atoms with Crippen molar-refractivity contribution in [3.8, 4) is 44.5 Å². The van der Waals surface area contributed by atoms with Gasteiger partial charge in [-0.15, -0.1) is 0 Å². The molecule has 246 valence electrons. The predicted octanol–water partition coefficient (Wildman–Crippen LogP) is 14.9. The first kappa shape index (κ1) is 29.7. The molecule has 11 rings (SSSR count). The molecular weight excluding hydrogens is 641 g/mol. The lowest BCUT2D eigenvalue weighted by atomic mass is 9.85. The molecule has 0 fully saturated rings. The van der Waals surface area contributed by atoms with Crippen LogP contribution in [-0.2, 0) is 0 Å². The minimum absolute atomic E-state index is 0.906. The Bertz CT molecular complexity index is 3150. The Morgan fingerprint density at radius 1 is 0.245 bits per heavy atom. The van der Waals surface area contributed by atoms with Crippen molar-refractivity contribution >= 4 is 65.0 Å². The summed E-state index contributed by atoms with van der Waals surface area (Å²) in [6, 6.07) is 70.4. The molecule has 0 radical (unpaired) electrons. The van der Waals surface area contributed by atoms with E-state index in [2.05, 4.69) is 194 Å². The molecule has 0 saturated carbocycles. The maximum atomic E-state index is 6.75. The molecular formula is C52H32O. The summed E-state index contributed by atoms with van der Waals surface area (Å²) >= 11 is 0. The summed E-state index contributed by atoms with van der Waals surface area (Å²) in [7, 11) is 0. The van der Waals surface area contributed by atoms with Crippen molar-refractivity contribution in [2.24, 2.45) is 0 Å². The molecule has 0 aliphatic carbocycles. The van der Waals surface area contributed by atoms with Gasteiger partial charge < -0.3 is 4.42 Å². The lowest BCUT2D eigenvalue weighted by molar-refractivity contribution is 0.673. The lowest BCUT2D eigenvalue weighted by Crippen LogP contribution is -1.91. The van der Waals surface area contributed by atoms with E-state index in [1.807, 2.05) is 0 Å². The van der Waals surface area contributed by atoms with Crippen LogP contribution in [0.3, 0.4) is 0 Å². The van der Waals surface area contributed by atoms with E-state index in [0.29, 0.717) is 0 Å². The summed E-state index contributed by atoms with van der Waals surface area (Å²) in [6.45, 7) is 0. The van der Waals surface area contributed by atoms with Gasteiger partial charge in [-0.05, 0) is 100 Å². The Kier molecular flexibility index (Phi) is 6.62. The number of hydrogen-bond acceptors (Lipinski definition) is 1. The fraction of sp³-hybridized carbons (Fsp3) is 0. The van der Waals surface area contributed by atoms with E-state index >= 15 is 0 Å². The van der Waals surface area contributed by atoms with Gasteiger partial charge in [0.25, 0.3) is 0 Å². The second-order valence-electron chi connectivity index (χ2n) is 14.0. The first-order valence-corrected chi connectivity index (χ1v) is 18.3. The average molecular weight is 673 g/mol. The zero-order valence-corrected chi connectivity index (χ0v) is 28.9. The molecule has 0 amide bonds. The van der Waals surface area contributed by atoms with Gasteiger partial charge in [-0.2, -0.15) is 0 Å². The minimum Gasteiger partial charge on any atom is -0.455 e. The molecule has 1 aromatic heterocycles. The van der Waals surface area contributed by atoms with Crippen molar-refractivity contribution in [2.75, 3.05) is 0 Å². The summed E-state index contributed by atoms with van der Waals surface area (Å²) in [5, 5.41) is 12.2. The van der Waals surface area contributed by atoms with Gasteiger partial charge in [0, 0.05) is 16.2 Å². The van der Waals surface area contributed by atoms with Crippen molar-refractivity contribution in [1.29, 1.82) is 0 Å². The van der Waals surface area contributed by atoms with E-state index in [1.165, 1.54) is 76.5 Å². The fourth-order valence-corrected chi connectivity index (χ4v) is 8.65. The van der Waals surface area contributed by atoms with Crippen LogP contribution in [0.15, 0.2) is 199 Å². The van der Waals surface area contributed by atoms with Crippen molar-refractivity contribution in [2.45, 2.75) is 0 Å². The minimum atomic E-state index is 0.906. The first-order chi connectivity index (χ1) is 26.3. The second-order valence-corrected chi connectivity index (χ2v) is 14.0. The van der Waals surface area contributed by atoms with Gasteiger partial charge >= 0.3 is 0 Å². The van der Waals surface area contributed by atoms with E-state index < -0.39 is 0 Å². The van der Waals surface area contributed by atoms with Gasteiger partial charge in [-0.1, -0.05) is 176 Å². The number of hydrogen-bond donors (Lipinski definition) is 0. The Balaban J connectivity index is 1.08. The topological polar surface area (TPSA) is 13.1 Å². The van der Waals surface area contributed by atoms with Crippen LogP contribution in [0.4, 0.5) is 0 Å². The van der Waals surface area contributed by atoms with Crippen molar-refractivity contribution in [1.82, 2.24) is 0 Å². The number of furan rings is 1. The van der Waals surface area contributed by atoms with Crippen LogP contribution >= 0.6 is 0 Å². The second kappa shape index (κ2) is 11.8. The Hall–Kier alpha value is -6.96. The van der Waals surface area contributed by atoms with Crippen LogP contribution in [0.2, 0.25) is 0 Å². The summed E-state index contributed by atoms with van der Waals surface area (Å²) in [5.74, 6) is 0. The van der Waals surface area contributed by atoms with Crippen LogP contribution in [0.1, 0.15) is 0 Å². The molecule has 0 atom stereocenters. The largest absolute Gasteiger partial charge is 0.455 e. The zero-order valence-electron chi connectivity index (χ0n) is 28.9. The van der Waals surface area contributed by atoms with Crippen molar-refractivity contribution in [3.63, 3.8) is 0 Å². The molecule has 0 spiro atoms. The first-order valence-electron chi connectivity index (χ1n) is 18.3. The van der Waals surface area contributed by atoms with Gasteiger partial charge in [0.05, 0.1) is 0 Å². The van der Waals surface area contributed by atoms with Crippen LogP contribution in [0, 0.1) is 0 Å². The molecule has 11 aromatic rings. The predicted molar refractivity (Wildman–Crippen MR) is 225 cm³/mol. The molecule has 0 unspecified atom stereocenters. The highest BCUT2D eigenvalue weighted by molar-refractivity contribution is 6.30. The van der Waals surface area contributed by atoms with E-state index in [-0.39, 0.29) is 0 Å². The summed E-state index contributed by atoms with van der Waals surface area (Å²) in [4.78, 5) is 0. The van der Waals surface area contributed by atoms with E-state index in [1.54, 1.807) is 0 Å². The Morgan fingerprint density at radius 2 is 0.679 bits per heavy atom.